The van der Waals surface area contributed by atoms with Crippen LogP contribution in [-0.4, -0.2) is 5.11 Å². The van der Waals surface area contributed by atoms with Crippen molar-refractivity contribution < 1.29 is 5.11 Å². The zero-order chi connectivity index (χ0) is 11.0. The third-order valence-corrected chi connectivity index (χ3v) is 4.08. The van der Waals surface area contributed by atoms with E-state index < -0.39 is 0 Å². The third kappa shape index (κ3) is 2.48. The number of aromatic hydroxyl groups is 1. The van der Waals surface area contributed by atoms with Crippen molar-refractivity contribution in [2.75, 3.05) is 0 Å². The molecule has 5 heteroatoms. The van der Waals surface area contributed by atoms with Crippen LogP contribution in [0.4, 0.5) is 0 Å². The maximum atomic E-state index is 9.91. The molecule has 1 aromatic carbocycles. The van der Waals surface area contributed by atoms with Crippen LogP contribution in [0.2, 0.25) is 5.02 Å². The highest BCUT2D eigenvalue weighted by atomic mass is 79.9. The van der Waals surface area contributed by atoms with Gasteiger partial charge in [-0.1, -0.05) is 18.0 Å². The van der Waals surface area contributed by atoms with Crippen molar-refractivity contribution in [3.8, 4) is 5.75 Å². The summed E-state index contributed by atoms with van der Waals surface area (Å²) >= 11 is 9.33. The molecule has 2 rings (SSSR count). The first kappa shape index (κ1) is 14.1. The molecule has 1 aliphatic carbocycles. The van der Waals surface area contributed by atoms with Gasteiger partial charge in [-0.05, 0) is 46.8 Å². The Morgan fingerprint density at radius 1 is 1.44 bits per heavy atom. The molecule has 1 aliphatic rings. The number of rotatable bonds is 2. The van der Waals surface area contributed by atoms with Gasteiger partial charge in [0.05, 0.1) is 4.47 Å². The van der Waals surface area contributed by atoms with Gasteiger partial charge in [-0.25, -0.2) is 0 Å². The molecule has 16 heavy (non-hydrogen) atoms. The average Bonchev–Trinajstić information content (AvgIpc) is 2.09. The number of phenolic OH excluding ortho intramolecular Hbond substituents is 1. The SMILES string of the molecule is Cl.N[C@H](c1c(Cl)ccc(Br)c1O)C1CCC1. The number of halogens is 3. The first-order valence-corrected chi connectivity index (χ1v) is 6.21. The van der Waals surface area contributed by atoms with Gasteiger partial charge >= 0.3 is 0 Å². The van der Waals surface area contributed by atoms with E-state index in [4.69, 9.17) is 17.3 Å². The smallest absolute Gasteiger partial charge is 0.136 e. The zero-order valence-electron chi connectivity index (χ0n) is 8.62. The lowest BCUT2D eigenvalue weighted by Gasteiger charge is -2.32. The van der Waals surface area contributed by atoms with Crippen molar-refractivity contribution in [1.82, 2.24) is 0 Å². The summed E-state index contributed by atoms with van der Waals surface area (Å²) in [6.07, 6.45) is 3.48. The molecular formula is C11H14BrCl2NO. The zero-order valence-corrected chi connectivity index (χ0v) is 11.8. The minimum atomic E-state index is -0.149. The Hall–Kier alpha value is 0.0400. The minimum Gasteiger partial charge on any atom is -0.506 e. The van der Waals surface area contributed by atoms with Gasteiger partial charge in [0.2, 0.25) is 0 Å². The van der Waals surface area contributed by atoms with Gasteiger partial charge in [-0.2, -0.15) is 0 Å². The summed E-state index contributed by atoms with van der Waals surface area (Å²) in [4.78, 5) is 0. The molecular weight excluding hydrogens is 313 g/mol. The summed E-state index contributed by atoms with van der Waals surface area (Å²) in [5.74, 6) is 0.643. The number of phenols is 1. The predicted molar refractivity (Wildman–Crippen MR) is 72.3 cm³/mol. The second kappa shape index (κ2) is 5.58. The largest absolute Gasteiger partial charge is 0.506 e. The molecule has 1 saturated carbocycles. The van der Waals surface area contributed by atoms with Crippen molar-refractivity contribution in [3.05, 3.63) is 27.2 Å². The highest BCUT2D eigenvalue weighted by molar-refractivity contribution is 9.10. The van der Waals surface area contributed by atoms with Gasteiger partial charge in [0, 0.05) is 16.6 Å². The molecule has 0 aliphatic heterocycles. The van der Waals surface area contributed by atoms with Crippen LogP contribution in [0.15, 0.2) is 16.6 Å². The number of nitrogens with two attached hydrogens (primary N) is 1. The quantitative estimate of drug-likeness (QED) is 0.861. The maximum Gasteiger partial charge on any atom is 0.136 e. The van der Waals surface area contributed by atoms with Gasteiger partial charge in [-0.15, -0.1) is 12.4 Å². The van der Waals surface area contributed by atoms with E-state index >= 15 is 0 Å². The molecule has 0 unspecified atom stereocenters. The Kier molecular flexibility index (Phi) is 4.92. The summed E-state index contributed by atoms with van der Waals surface area (Å²) in [7, 11) is 0. The molecule has 2 nitrogen and oxygen atoms in total. The minimum absolute atomic E-state index is 0. The van der Waals surface area contributed by atoms with Crippen LogP contribution in [-0.2, 0) is 0 Å². The maximum absolute atomic E-state index is 9.91. The second-order valence-corrected chi connectivity index (χ2v) is 5.27. The van der Waals surface area contributed by atoms with Crippen LogP contribution < -0.4 is 5.73 Å². The number of benzene rings is 1. The Morgan fingerprint density at radius 3 is 2.56 bits per heavy atom. The van der Waals surface area contributed by atoms with Gasteiger partial charge in [0.1, 0.15) is 5.75 Å². The van der Waals surface area contributed by atoms with Crippen molar-refractivity contribution in [3.63, 3.8) is 0 Å². The monoisotopic (exact) mass is 325 g/mol. The van der Waals surface area contributed by atoms with Crippen molar-refractivity contribution in [2.24, 2.45) is 11.7 Å². The molecule has 3 N–H and O–H groups in total. The first-order chi connectivity index (χ1) is 7.11. The molecule has 0 heterocycles. The van der Waals surface area contributed by atoms with E-state index in [2.05, 4.69) is 15.9 Å². The van der Waals surface area contributed by atoms with Crippen molar-refractivity contribution in [2.45, 2.75) is 25.3 Å². The van der Waals surface area contributed by atoms with Gasteiger partial charge in [0.15, 0.2) is 0 Å². The lowest BCUT2D eigenvalue weighted by atomic mass is 9.77. The molecule has 90 valence electrons. The van der Waals surface area contributed by atoms with Crippen LogP contribution >= 0.6 is 39.9 Å². The van der Waals surface area contributed by atoms with Crippen LogP contribution in [0, 0.1) is 5.92 Å². The van der Waals surface area contributed by atoms with Gasteiger partial charge < -0.3 is 10.8 Å². The fourth-order valence-corrected chi connectivity index (χ4v) is 2.53. The lowest BCUT2D eigenvalue weighted by molar-refractivity contribution is 0.260. The van der Waals surface area contributed by atoms with E-state index in [1.807, 2.05) is 0 Å². The first-order valence-electron chi connectivity index (χ1n) is 5.03. The summed E-state index contributed by atoms with van der Waals surface area (Å²) in [5, 5.41) is 10.5. The van der Waals surface area contributed by atoms with E-state index in [0.717, 1.165) is 12.8 Å². The molecule has 1 atom stereocenters. The fourth-order valence-electron chi connectivity index (χ4n) is 1.91. The topological polar surface area (TPSA) is 46.2 Å². The average molecular weight is 327 g/mol. The summed E-state index contributed by atoms with van der Waals surface area (Å²) in [5.41, 5.74) is 6.78. The Morgan fingerprint density at radius 2 is 2.06 bits per heavy atom. The molecule has 0 saturated heterocycles. The summed E-state index contributed by atoms with van der Waals surface area (Å²) in [6.45, 7) is 0. The van der Waals surface area contributed by atoms with E-state index in [9.17, 15) is 5.11 Å². The van der Waals surface area contributed by atoms with Gasteiger partial charge in [0.25, 0.3) is 0 Å². The molecule has 0 spiro atoms. The lowest BCUT2D eigenvalue weighted by Crippen LogP contribution is -2.27. The highest BCUT2D eigenvalue weighted by Crippen LogP contribution is 2.43. The summed E-state index contributed by atoms with van der Waals surface area (Å²) in [6, 6.07) is 3.34. The number of hydrogen-bond acceptors (Lipinski definition) is 2. The highest BCUT2D eigenvalue weighted by Gasteiger charge is 2.29. The second-order valence-electron chi connectivity index (χ2n) is 4.01. The van der Waals surface area contributed by atoms with Crippen LogP contribution in [0.25, 0.3) is 0 Å². The van der Waals surface area contributed by atoms with Crippen LogP contribution in [0.1, 0.15) is 30.9 Å². The fraction of sp³-hybridized carbons (Fsp3) is 0.455. The molecule has 1 fully saturated rings. The Bertz CT molecular complexity index is 382. The van der Waals surface area contributed by atoms with Crippen molar-refractivity contribution in [1.29, 1.82) is 0 Å². The van der Waals surface area contributed by atoms with E-state index in [0.29, 0.717) is 21.0 Å². The third-order valence-electron chi connectivity index (χ3n) is 3.11. The molecule has 0 aromatic heterocycles. The van der Waals surface area contributed by atoms with Crippen molar-refractivity contribution >= 4 is 39.9 Å². The Balaban J connectivity index is 0.00000128. The summed E-state index contributed by atoms with van der Waals surface area (Å²) < 4.78 is 0.650. The van der Waals surface area contributed by atoms with Gasteiger partial charge in [-0.3, -0.25) is 0 Å². The van der Waals surface area contributed by atoms with E-state index in [1.54, 1.807) is 12.1 Å². The predicted octanol–water partition coefficient (Wildman–Crippen LogP) is 4.03. The standard InChI is InChI=1S/C11H13BrClNO.ClH/c12-7-4-5-8(13)9(11(7)15)10(14)6-2-1-3-6;/h4-6,10,15H,1-3,14H2;1H/t10-;/m0./s1. The molecule has 1 aromatic rings. The molecule has 0 radical (unpaired) electrons. The number of hydrogen-bond donors (Lipinski definition) is 2. The normalized spacial score (nSPS) is 17.4. The Labute approximate surface area is 115 Å². The van der Waals surface area contributed by atoms with E-state index in [1.165, 1.54) is 6.42 Å². The molecule has 0 bridgehead atoms. The van der Waals surface area contributed by atoms with E-state index in [-0.39, 0.29) is 24.2 Å². The molecule has 0 amide bonds. The van der Waals surface area contributed by atoms with Crippen LogP contribution in [0.3, 0.4) is 0 Å². The van der Waals surface area contributed by atoms with Crippen LogP contribution in [0.5, 0.6) is 5.75 Å².